The maximum atomic E-state index is 13.1. The van der Waals surface area contributed by atoms with Gasteiger partial charge in [-0.3, -0.25) is 37.3 Å². The van der Waals surface area contributed by atoms with E-state index in [0.29, 0.717) is 32.1 Å². The number of phosphoric acid groups is 2. The van der Waals surface area contributed by atoms with Crippen LogP contribution in [0.4, 0.5) is 0 Å². The molecule has 0 heterocycles. The normalized spacial score (nSPS) is 14.3. The summed E-state index contributed by atoms with van der Waals surface area (Å²) in [7, 11) is -9.97. The molecule has 0 saturated carbocycles. The van der Waals surface area contributed by atoms with Crippen molar-refractivity contribution in [1.82, 2.24) is 0 Å². The van der Waals surface area contributed by atoms with E-state index in [1.54, 1.807) is 0 Å². The Morgan fingerprint density at radius 1 is 0.275 bits per heavy atom. The van der Waals surface area contributed by atoms with Gasteiger partial charge < -0.3 is 33.8 Å². The first kappa shape index (κ1) is 98.2. The summed E-state index contributed by atoms with van der Waals surface area (Å²) in [6, 6.07) is 0. The van der Waals surface area contributed by atoms with Crippen molar-refractivity contribution >= 4 is 39.5 Å². The predicted molar refractivity (Wildman–Crippen MR) is 418 cm³/mol. The van der Waals surface area contributed by atoms with Gasteiger partial charge in [-0.2, -0.15) is 0 Å². The molecule has 0 rings (SSSR count). The van der Waals surface area contributed by atoms with Crippen LogP contribution in [0.25, 0.3) is 0 Å². The molecule has 0 radical (unpaired) electrons. The average Bonchev–Trinajstić information content (AvgIpc) is 0.923. The van der Waals surface area contributed by atoms with Gasteiger partial charge in [0, 0.05) is 25.7 Å². The van der Waals surface area contributed by atoms with Gasteiger partial charge in [-0.25, -0.2) is 9.13 Å². The first-order valence-electron chi connectivity index (χ1n) is 40.8. The SMILES string of the molecule is CCCCC/C=C\C/C=C\C/C=C\C/C=C\CCCC(=O)OC[C@H](COP(=O)(O)OC[C@H](O)COP(=O)(O)OC[C@@H](COC(=O)CCCCCCCCCCCCCCCCC)OC(=O)CCCCCCC/C=C\C/C=C\CCCCC)OC(=O)CCCCCCC/C=C\CCCCCCCC. The summed E-state index contributed by atoms with van der Waals surface area (Å²) in [5, 5.41) is 10.6. The quantitative estimate of drug-likeness (QED) is 0.0169. The molecule has 0 aliphatic rings. The number of unbranched alkanes of at least 4 members (excludes halogenated alkanes) is 37. The Bertz CT molecular complexity index is 2260. The van der Waals surface area contributed by atoms with E-state index in [9.17, 15) is 43.2 Å². The van der Waals surface area contributed by atoms with Crippen LogP contribution in [0.3, 0.4) is 0 Å². The number of hydrogen-bond acceptors (Lipinski definition) is 15. The second-order valence-electron chi connectivity index (χ2n) is 27.4. The van der Waals surface area contributed by atoms with E-state index in [-0.39, 0.29) is 25.7 Å². The third-order valence-corrected chi connectivity index (χ3v) is 19.2. The van der Waals surface area contributed by atoms with Crippen molar-refractivity contribution < 1.29 is 80.2 Å². The molecular weight excluding hydrogens is 1330 g/mol. The lowest BCUT2D eigenvalue weighted by molar-refractivity contribution is -0.161. The Balaban J connectivity index is 5.40. The summed E-state index contributed by atoms with van der Waals surface area (Å²) in [5.41, 5.74) is 0. The topological polar surface area (TPSA) is 237 Å². The number of rotatable bonds is 77. The fourth-order valence-electron chi connectivity index (χ4n) is 11.1. The summed E-state index contributed by atoms with van der Waals surface area (Å²) in [4.78, 5) is 73.0. The maximum absolute atomic E-state index is 13.1. The van der Waals surface area contributed by atoms with E-state index in [0.717, 1.165) is 128 Å². The van der Waals surface area contributed by atoms with Gasteiger partial charge in [-0.05, 0) is 122 Å². The molecule has 3 N–H and O–H groups in total. The minimum absolute atomic E-state index is 0.0748. The summed E-state index contributed by atoms with van der Waals surface area (Å²) in [5.74, 6) is -2.24. The van der Waals surface area contributed by atoms with Crippen molar-refractivity contribution in [2.75, 3.05) is 39.6 Å². The van der Waals surface area contributed by atoms with Crippen LogP contribution >= 0.6 is 15.6 Å². The molecule has 0 aromatic rings. The molecule has 0 spiro atoms. The molecule has 0 bridgehead atoms. The minimum atomic E-state index is -4.99. The molecule has 592 valence electrons. The van der Waals surface area contributed by atoms with Gasteiger partial charge in [0.25, 0.3) is 0 Å². The highest BCUT2D eigenvalue weighted by molar-refractivity contribution is 7.47. The summed E-state index contributed by atoms with van der Waals surface area (Å²) < 4.78 is 68.6. The highest BCUT2D eigenvalue weighted by Gasteiger charge is 2.30. The molecule has 17 nitrogen and oxygen atoms in total. The number of allylic oxidation sites excluding steroid dienone is 14. The molecule has 0 saturated heterocycles. The van der Waals surface area contributed by atoms with Crippen molar-refractivity contribution in [2.24, 2.45) is 0 Å². The highest BCUT2D eigenvalue weighted by atomic mass is 31.2. The lowest BCUT2D eigenvalue weighted by atomic mass is 10.0. The Hall–Kier alpha value is -3.76. The van der Waals surface area contributed by atoms with Crippen molar-refractivity contribution in [2.45, 2.75) is 380 Å². The maximum Gasteiger partial charge on any atom is 0.472 e. The van der Waals surface area contributed by atoms with E-state index in [4.69, 9.17) is 37.0 Å². The fourth-order valence-corrected chi connectivity index (χ4v) is 12.6. The number of aliphatic hydroxyl groups excluding tert-OH is 1. The summed E-state index contributed by atoms with van der Waals surface area (Å²) >= 11 is 0. The molecule has 0 aromatic carbocycles. The lowest BCUT2D eigenvalue weighted by Crippen LogP contribution is -2.30. The highest BCUT2D eigenvalue weighted by Crippen LogP contribution is 2.45. The lowest BCUT2D eigenvalue weighted by Gasteiger charge is -2.21. The Morgan fingerprint density at radius 3 is 0.804 bits per heavy atom. The standard InChI is InChI=1S/C83H148O17P2/c1-5-9-13-17-21-25-29-33-37-38-42-44-48-52-56-60-64-68-81(86)94-74-79(100-83(88)70-66-62-58-54-50-46-41-36-32-28-24-20-16-12-8-4)76-98-102(91,92)96-72-77(84)71-95-101(89,90)97-75-78(99-82(87)69-65-61-57-53-49-45-40-35-31-27-23-19-15-11-7-3)73-93-80(85)67-63-59-55-51-47-43-39-34-30-26-22-18-14-10-6-2/h21,23,25,27,33,35-37,40-42,44,52,56,77-79,84H,5-20,22,24,26,28-32,34,38-39,43,45-51,53-55,57-76H2,1-4H3,(H,89,90)(H,91,92)/b25-21-,27-23-,37-33-,40-35-,41-36-,44-42-,56-52-/t77-,78-,79-/m1/s1. The number of carbonyl (C=O) groups is 4. The summed E-state index contributed by atoms with van der Waals surface area (Å²) in [6.07, 6.45) is 78.4. The molecule has 19 heteroatoms. The van der Waals surface area contributed by atoms with Gasteiger partial charge in [0.15, 0.2) is 12.2 Å². The van der Waals surface area contributed by atoms with E-state index in [2.05, 4.69) is 101 Å². The van der Waals surface area contributed by atoms with E-state index in [1.807, 2.05) is 12.2 Å². The third kappa shape index (κ3) is 74.5. The molecule has 0 amide bonds. The Kier molecular flexibility index (Phi) is 72.7. The van der Waals surface area contributed by atoms with Crippen molar-refractivity contribution in [3.05, 3.63) is 85.1 Å². The van der Waals surface area contributed by atoms with Crippen molar-refractivity contribution in [1.29, 1.82) is 0 Å². The number of esters is 4. The van der Waals surface area contributed by atoms with Gasteiger partial charge in [0.2, 0.25) is 0 Å². The first-order valence-corrected chi connectivity index (χ1v) is 43.8. The van der Waals surface area contributed by atoms with Crippen molar-refractivity contribution in [3.8, 4) is 0 Å². The molecule has 0 fully saturated rings. The monoisotopic (exact) mass is 1480 g/mol. The molecule has 0 aliphatic heterocycles. The van der Waals surface area contributed by atoms with Crippen molar-refractivity contribution in [3.63, 3.8) is 0 Å². The Morgan fingerprint density at radius 2 is 0.490 bits per heavy atom. The zero-order chi connectivity index (χ0) is 74.6. The van der Waals surface area contributed by atoms with Crippen LogP contribution in [-0.2, 0) is 65.4 Å². The largest absolute Gasteiger partial charge is 0.472 e. The van der Waals surface area contributed by atoms with Crippen LogP contribution in [0.15, 0.2) is 85.1 Å². The molecule has 5 atom stereocenters. The van der Waals surface area contributed by atoms with Crippen LogP contribution in [-0.4, -0.2) is 96.7 Å². The van der Waals surface area contributed by atoms with E-state index in [1.165, 1.54) is 148 Å². The zero-order valence-electron chi connectivity index (χ0n) is 64.8. The molecule has 0 aliphatic carbocycles. The number of ether oxygens (including phenoxy) is 4. The minimum Gasteiger partial charge on any atom is -0.462 e. The van der Waals surface area contributed by atoms with E-state index >= 15 is 0 Å². The fraction of sp³-hybridized carbons (Fsp3) is 0.783. The van der Waals surface area contributed by atoms with Gasteiger partial charge in [0.05, 0.1) is 26.4 Å². The molecule has 0 aromatic heterocycles. The molecule has 102 heavy (non-hydrogen) atoms. The molecular formula is C83H148O17P2. The second-order valence-corrected chi connectivity index (χ2v) is 30.3. The number of carbonyl (C=O) groups excluding carboxylic acids is 4. The third-order valence-electron chi connectivity index (χ3n) is 17.3. The van der Waals surface area contributed by atoms with Crippen LogP contribution in [0, 0.1) is 0 Å². The Labute approximate surface area is 621 Å². The smallest absolute Gasteiger partial charge is 0.462 e. The molecule has 2 unspecified atom stereocenters. The van der Waals surface area contributed by atoms with Gasteiger partial charge >= 0.3 is 39.5 Å². The number of aliphatic hydroxyl groups is 1. The summed E-state index contributed by atoms with van der Waals surface area (Å²) in [6.45, 7) is 4.79. The van der Waals surface area contributed by atoms with Crippen LogP contribution < -0.4 is 0 Å². The van der Waals surface area contributed by atoms with Gasteiger partial charge in [-0.1, -0.05) is 299 Å². The number of phosphoric ester groups is 2. The van der Waals surface area contributed by atoms with Crippen LogP contribution in [0.2, 0.25) is 0 Å². The number of hydrogen-bond donors (Lipinski definition) is 3. The van der Waals surface area contributed by atoms with E-state index < -0.39 is 97.5 Å². The van der Waals surface area contributed by atoms with Gasteiger partial charge in [-0.15, -0.1) is 0 Å². The average molecular weight is 1480 g/mol. The van der Waals surface area contributed by atoms with Crippen LogP contribution in [0.1, 0.15) is 362 Å². The van der Waals surface area contributed by atoms with Crippen LogP contribution in [0.5, 0.6) is 0 Å². The van der Waals surface area contributed by atoms with Gasteiger partial charge in [0.1, 0.15) is 19.3 Å². The first-order chi connectivity index (χ1) is 49.7. The zero-order valence-corrected chi connectivity index (χ0v) is 66.6. The second kappa shape index (κ2) is 75.5. The predicted octanol–water partition coefficient (Wildman–Crippen LogP) is 23.8.